The van der Waals surface area contributed by atoms with Crippen LogP contribution in [0.4, 0.5) is 14.5 Å². The Hall–Kier alpha value is -3.48. The number of halogens is 2. The quantitative estimate of drug-likeness (QED) is 0.710. The van der Waals surface area contributed by atoms with Crippen molar-refractivity contribution in [3.63, 3.8) is 0 Å². The van der Waals surface area contributed by atoms with Crippen LogP contribution in [0.25, 0.3) is 0 Å². The van der Waals surface area contributed by atoms with Gasteiger partial charge in [0.25, 0.3) is 5.91 Å². The standard InChI is InChI=1S/C21H17F2N3O2/c22-21(23)28-16-7-3-6-15(11-16)19-25-18-9-2-1-8-17(18)20(27)26(19)13-14-5-4-10-24-12-14/h1-12,19,21,25H,13H2. The SMILES string of the molecule is O=C1c2ccccc2NC(c2cccc(OC(F)F)c2)N1Cc1cccnc1. The maximum absolute atomic E-state index is 13.2. The van der Waals surface area contributed by atoms with Crippen LogP contribution >= 0.6 is 0 Å². The number of fused-ring (bicyclic) bond motifs is 1. The van der Waals surface area contributed by atoms with Crippen molar-refractivity contribution >= 4 is 11.6 Å². The molecular formula is C21H17F2N3O2. The van der Waals surface area contributed by atoms with E-state index in [4.69, 9.17) is 0 Å². The first-order valence-corrected chi connectivity index (χ1v) is 8.72. The minimum atomic E-state index is -2.91. The number of anilines is 1. The highest BCUT2D eigenvalue weighted by atomic mass is 19.3. The van der Waals surface area contributed by atoms with Crippen LogP contribution in [-0.2, 0) is 6.54 Å². The fraction of sp³-hybridized carbons (Fsp3) is 0.143. The smallest absolute Gasteiger partial charge is 0.387 e. The first-order valence-electron chi connectivity index (χ1n) is 8.72. The van der Waals surface area contributed by atoms with Crippen LogP contribution in [-0.4, -0.2) is 22.4 Å². The lowest BCUT2D eigenvalue weighted by Gasteiger charge is -2.38. The molecule has 1 aliphatic heterocycles. The van der Waals surface area contributed by atoms with Gasteiger partial charge in [-0.2, -0.15) is 8.78 Å². The lowest BCUT2D eigenvalue weighted by atomic mass is 10.0. The largest absolute Gasteiger partial charge is 0.435 e. The van der Waals surface area contributed by atoms with E-state index in [0.29, 0.717) is 23.4 Å². The molecule has 0 saturated heterocycles. The average molecular weight is 381 g/mol. The summed E-state index contributed by atoms with van der Waals surface area (Å²) in [5.41, 5.74) is 2.76. The lowest BCUT2D eigenvalue weighted by molar-refractivity contribution is -0.0499. The van der Waals surface area contributed by atoms with Gasteiger partial charge >= 0.3 is 6.61 Å². The van der Waals surface area contributed by atoms with E-state index in [9.17, 15) is 13.6 Å². The van der Waals surface area contributed by atoms with Crippen molar-refractivity contribution in [1.29, 1.82) is 0 Å². The Bertz CT molecular complexity index is 982. The van der Waals surface area contributed by atoms with Gasteiger partial charge in [-0.3, -0.25) is 9.78 Å². The Morgan fingerprint density at radius 1 is 1.11 bits per heavy atom. The zero-order valence-electron chi connectivity index (χ0n) is 14.8. The van der Waals surface area contributed by atoms with Gasteiger partial charge in [0.1, 0.15) is 11.9 Å². The molecule has 2 heterocycles. The van der Waals surface area contributed by atoms with Crippen LogP contribution in [0.5, 0.6) is 5.75 Å². The summed E-state index contributed by atoms with van der Waals surface area (Å²) >= 11 is 0. The summed E-state index contributed by atoms with van der Waals surface area (Å²) in [6, 6.07) is 17.3. The number of hydrogen-bond acceptors (Lipinski definition) is 4. The number of amides is 1. The molecule has 0 radical (unpaired) electrons. The summed E-state index contributed by atoms with van der Waals surface area (Å²) in [6.45, 7) is -2.60. The van der Waals surface area contributed by atoms with E-state index in [1.807, 2.05) is 18.2 Å². The predicted molar refractivity (Wildman–Crippen MR) is 100.0 cm³/mol. The molecule has 4 rings (SSSR count). The van der Waals surface area contributed by atoms with Crippen molar-refractivity contribution in [3.05, 3.63) is 89.7 Å². The lowest BCUT2D eigenvalue weighted by Crippen LogP contribution is -2.42. The molecule has 5 nitrogen and oxygen atoms in total. The van der Waals surface area contributed by atoms with Gasteiger partial charge in [0.2, 0.25) is 0 Å². The van der Waals surface area contributed by atoms with Crippen LogP contribution < -0.4 is 10.1 Å². The molecule has 0 fully saturated rings. The summed E-state index contributed by atoms with van der Waals surface area (Å²) in [6.07, 6.45) is 2.82. The molecule has 1 amide bonds. The van der Waals surface area contributed by atoms with E-state index in [-0.39, 0.29) is 11.7 Å². The molecule has 1 atom stereocenters. The van der Waals surface area contributed by atoms with E-state index < -0.39 is 12.8 Å². The second kappa shape index (κ2) is 7.64. The van der Waals surface area contributed by atoms with E-state index >= 15 is 0 Å². The third kappa shape index (κ3) is 3.64. The monoisotopic (exact) mass is 381 g/mol. The van der Waals surface area contributed by atoms with Gasteiger partial charge in [-0.25, -0.2) is 0 Å². The molecule has 2 aromatic carbocycles. The Kier molecular flexibility index (Phi) is 4.89. The van der Waals surface area contributed by atoms with Gasteiger partial charge in [-0.15, -0.1) is 0 Å². The minimum Gasteiger partial charge on any atom is -0.435 e. The fourth-order valence-electron chi connectivity index (χ4n) is 3.27. The Balaban J connectivity index is 1.73. The Morgan fingerprint density at radius 3 is 2.75 bits per heavy atom. The molecule has 1 aliphatic rings. The van der Waals surface area contributed by atoms with Gasteiger partial charge in [0, 0.05) is 24.6 Å². The number of aromatic nitrogens is 1. The highest BCUT2D eigenvalue weighted by Crippen LogP contribution is 2.35. The van der Waals surface area contributed by atoms with E-state index in [1.165, 1.54) is 12.1 Å². The number of para-hydroxylation sites is 1. The molecule has 3 aromatic rings. The minimum absolute atomic E-state index is 0.0435. The highest BCUT2D eigenvalue weighted by molar-refractivity contribution is 6.01. The molecule has 1 aromatic heterocycles. The summed E-state index contributed by atoms with van der Waals surface area (Å²) in [7, 11) is 0. The molecular weight excluding hydrogens is 364 g/mol. The van der Waals surface area contributed by atoms with Gasteiger partial charge in [0.15, 0.2) is 0 Å². The van der Waals surface area contributed by atoms with Crippen LogP contribution in [0.1, 0.15) is 27.7 Å². The third-order valence-electron chi connectivity index (χ3n) is 4.50. The van der Waals surface area contributed by atoms with Gasteiger partial charge in [-0.1, -0.05) is 30.3 Å². The van der Waals surface area contributed by atoms with Crippen molar-refractivity contribution in [2.75, 3.05) is 5.32 Å². The Morgan fingerprint density at radius 2 is 1.96 bits per heavy atom. The molecule has 0 saturated carbocycles. The second-order valence-corrected chi connectivity index (χ2v) is 6.34. The average Bonchev–Trinajstić information content (AvgIpc) is 2.70. The Labute approximate surface area is 160 Å². The zero-order valence-corrected chi connectivity index (χ0v) is 14.8. The number of rotatable bonds is 5. The molecule has 142 valence electrons. The maximum Gasteiger partial charge on any atom is 0.387 e. The number of ether oxygens (including phenoxy) is 1. The number of hydrogen-bond donors (Lipinski definition) is 1. The number of pyridine rings is 1. The number of nitrogens with zero attached hydrogens (tertiary/aromatic N) is 2. The number of nitrogens with one attached hydrogen (secondary N) is 1. The maximum atomic E-state index is 13.2. The van der Waals surface area contributed by atoms with Crippen molar-refractivity contribution in [2.45, 2.75) is 19.3 Å². The third-order valence-corrected chi connectivity index (χ3v) is 4.50. The highest BCUT2D eigenvalue weighted by Gasteiger charge is 2.33. The summed E-state index contributed by atoms with van der Waals surface area (Å²) in [5.74, 6) is -0.106. The normalized spacial score (nSPS) is 15.9. The van der Waals surface area contributed by atoms with E-state index in [2.05, 4.69) is 15.0 Å². The van der Waals surface area contributed by atoms with Gasteiger partial charge < -0.3 is 15.0 Å². The number of benzene rings is 2. The molecule has 0 spiro atoms. The van der Waals surface area contributed by atoms with E-state index in [0.717, 1.165) is 5.56 Å². The van der Waals surface area contributed by atoms with Gasteiger partial charge in [-0.05, 0) is 41.5 Å². The van der Waals surface area contributed by atoms with Crippen LogP contribution in [0.2, 0.25) is 0 Å². The molecule has 0 aliphatic carbocycles. The van der Waals surface area contributed by atoms with Crippen LogP contribution in [0.15, 0.2) is 73.1 Å². The van der Waals surface area contributed by atoms with Crippen LogP contribution in [0.3, 0.4) is 0 Å². The molecule has 1 N–H and O–H groups in total. The van der Waals surface area contributed by atoms with Crippen molar-refractivity contribution in [1.82, 2.24) is 9.88 Å². The van der Waals surface area contributed by atoms with Crippen LogP contribution in [0, 0.1) is 0 Å². The topological polar surface area (TPSA) is 54.5 Å². The van der Waals surface area contributed by atoms with Crippen molar-refractivity contribution in [2.24, 2.45) is 0 Å². The number of alkyl halides is 2. The molecule has 0 bridgehead atoms. The fourth-order valence-corrected chi connectivity index (χ4v) is 3.27. The molecule has 28 heavy (non-hydrogen) atoms. The molecule has 1 unspecified atom stereocenters. The summed E-state index contributed by atoms with van der Waals surface area (Å²) in [5, 5.41) is 3.34. The van der Waals surface area contributed by atoms with E-state index in [1.54, 1.807) is 47.6 Å². The summed E-state index contributed by atoms with van der Waals surface area (Å²) in [4.78, 5) is 18.9. The zero-order chi connectivity index (χ0) is 19.5. The van der Waals surface area contributed by atoms with Crippen molar-refractivity contribution < 1.29 is 18.3 Å². The van der Waals surface area contributed by atoms with Gasteiger partial charge in [0.05, 0.1) is 5.56 Å². The number of carbonyl (C=O) groups excluding carboxylic acids is 1. The second-order valence-electron chi connectivity index (χ2n) is 6.34. The molecule has 7 heteroatoms. The number of carbonyl (C=O) groups is 1. The first kappa shape index (κ1) is 17.9. The first-order chi connectivity index (χ1) is 13.6. The predicted octanol–water partition coefficient (Wildman–Crippen LogP) is 4.45. The van der Waals surface area contributed by atoms with Crippen molar-refractivity contribution in [3.8, 4) is 5.75 Å². The summed E-state index contributed by atoms with van der Waals surface area (Å²) < 4.78 is 29.7.